The Hall–Kier alpha value is -2.82. The van der Waals surface area contributed by atoms with Crippen LogP contribution in [0.1, 0.15) is 18.9 Å². The van der Waals surface area contributed by atoms with E-state index in [1.807, 2.05) is 48.8 Å². The lowest BCUT2D eigenvalue weighted by Crippen LogP contribution is -2.30. The summed E-state index contributed by atoms with van der Waals surface area (Å²) < 4.78 is 7.73. The van der Waals surface area contributed by atoms with Crippen LogP contribution >= 0.6 is 0 Å². The highest BCUT2D eigenvalue weighted by Crippen LogP contribution is 2.18. The van der Waals surface area contributed by atoms with Gasteiger partial charge in [0, 0.05) is 13.1 Å². The summed E-state index contributed by atoms with van der Waals surface area (Å²) in [5, 5.41) is 2.90. The first kappa shape index (κ1) is 17.0. The fraction of sp³-hybridized carbons (Fsp3) is 0.300. The molecule has 0 aliphatic heterocycles. The average molecular weight is 337 g/mol. The quantitative estimate of drug-likeness (QED) is 0.642. The minimum atomic E-state index is -0.0959. The van der Waals surface area contributed by atoms with E-state index in [1.165, 1.54) is 0 Å². The number of amides is 1. The van der Waals surface area contributed by atoms with Gasteiger partial charge < -0.3 is 14.6 Å². The summed E-state index contributed by atoms with van der Waals surface area (Å²) >= 11 is 0. The third kappa shape index (κ3) is 4.38. The second kappa shape index (κ2) is 8.33. The Morgan fingerprint density at radius 3 is 2.84 bits per heavy atom. The van der Waals surface area contributed by atoms with E-state index in [9.17, 15) is 4.79 Å². The maximum absolute atomic E-state index is 11.9. The first-order valence-electron chi connectivity index (χ1n) is 8.65. The zero-order valence-electron chi connectivity index (χ0n) is 14.4. The molecule has 2 aromatic carbocycles. The van der Waals surface area contributed by atoms with Gasteiger partial charge in [0.15, 0.2) is 6.61 Å². The van der Waals surface area contributed by atoms with E-state index in [4.69, 9.17) is 4.74 Å². The van der Waals surface area contributed by atoms with Crippen LogP contribution in [0.5, 0.6) is 5.75 Å². The molecule has 0 radical (unpaired) electrons. The Kier molecular flexibility index (Phi) is 5.67. The van der Waals surface area contributed by atoms with Gasteiger partial charge in [0.2, 0.25) is 0 Å². The summed E-state index contributed by atoms with van der Waals surface area (Å²) in [4.78, 5) is 16.3. The Labute approximate surface area is 147 Å². The summed E-state index contributed by atoms with van der Waals surface area (Å²) in [6.45, 7) is 3.55. The molecule has 0 aliphatic rings. The van der Waals surface area contributed by atoms with Crippen LogP contribution in [0.3, 0.4) is 0 Å². The predicted octanol–water partition coefficient (Wildman–Crippen LogP) is 3.18. The Morgan fingerprint density at radius 2 is 1.96 bits per heavy atom. The largest absolute Gasteiger partial charge is 0.483 e. The van der Waals surface area contributed by atoms with E-state index in [0.717, 1.165) is 41.7 Å². The van der Waals surface area contributed by atoms with Gasteiger partial charge in [0.05, 0.1) is 17.4 Å². The van der Waals surface area contributed by atoms with Gasteiger partial charge in [0.1, 0.15) is 5.75 Å². The summed E-state index contributed by atoms with van der Waals surface area (Å²) in [6, 6.07) is 15.9. The summed E-state index contributed by atoms with van der Waals surface area (Å²) in [5.74, 6) is 0.687. The van der Waals surface area contributed by atoms with Crippen LogP contribution in [-0.4, -0.2) is 28.6 Å². The number of hydrogen-bond acceptors (Lipinski definition) is 3. The van der Waals surface area contributed by atoms with Crippen LogP contribution in [0.25, 0.3) is 11.0 Å². The molecule has 0 aliphatic carbocycles. The van der Waals surface area contributed by atoms with E-state index in [-0.39, 0.29) is 12.5 Å². The Bertz CT molecular complexity index is 842. The number of hydrogen-bond donors (Lipinski definition) is 1. The van der Waals surface area contributed by atoms with Crippen molar-refractivity contribution in [2.75, 3.05) is 13.2 Å². The Morgan fingerprint density at radius 1 is 1.16 bits per heavy atom. The highest BCUT2D eigenvalue weighted by atomic mass is 16.5. The van der Waals surface area contributed by atoms with Crippen LogP contribution in [-0.2, 0) is 17.8 Å². The second-order valence-corrected chi connectivity index (χ2v) is 5.88. The molecular formula is C20H23N3O2. The molecule has 1 aromatic heterocycles. The number of imidazole rings is 1. The molecule has 0 unspecified atom stereocenters. The molecule has 3 rings (SSSR count). The van der Waals surface area contributed by atoms with Crippen molar-refractivity contribution >= 4 is 16.9 Å². The van der Waals surface area contributed by atoms with Crippen LogP contribution < -0.4 is 10.1 Å². The van der Waals surface area contributed by atoms with Crippen LogP contribution in [0.15, 0.2) is 54.9 Å². The molecule has 1 heterocycles. The number of fused-ring (bicyclic) bond motifs is 1. The van der Waals surface area contributed by atoms with Crippen LogP contribution in [0.4, 0.5) is 0 Å². The van der Waals surface area contributed by atoms with Crippen molar-refractivity contribution in [2.45, 2.75) is 26.3 Å². The summed E-state index contributed by atoms with van der Waals surface area (Å²) in [7, 11) is 0. The van der Waals surface area contributed by atoms with Gasteiger partial charge in [-0.1, -0.05) is 37.3 Å². The van der Waals surface area contributed by atoms with Crippen LogP contribution in [0, 0.1) is 0 Å². The van der Waals surface area contributed by atoms with Gasteiger partial charge in [-0.2, -0.15) is 0 Å². The fourth-order valence-corrected chi connectivity index (χ4v) is 2.80. The lowest BCUT2D eigenvalue weighted by molar-refractivity contribution is -0.123. The Balaban J connectivity index is 1.41. The van der Waals surface area contributed by atoms with Crippen molar-refractivity contribution < 1.29 is 9.53 Å². The number of rotatable bonds is 8. The minimum absolute atomic E-state index is 0.0466. The standard InChI is InChI=1S/C20H23N3O2/c1-2-16-8-3-6-11-19(16)25-14-20(24)21-12-7-13-23-15-22-17-9-4-5-10-18(17)23/h3-6,8-11,15H,2,7,12-14H2,1H3,(H,21,24). The second-order valence-electron chi connectivity index (χ2n) is 5.88. The molecule has 25 heavy (non-hydrogen) atoms. The summed E-state index contributed by atoms with van der Waals surface area (Å²) in [5.41, 5.74) is 3.23. The predicted molar refractivity (Wildman–Crippen MR) is 98.7 cm³/mol. The smallest absolute Gasteiger partial charge is 0.257 e. The number of carbonyl (C=O) groups excluding carboxylic acids is 1. The number of nitrogens with one attached hydrogen (secondary N) is 1. The first-order valence-corrected chi connectivity index (χ1v) is 8.65. The molecule has 0 fully saturated rings. The van der Waals surface area contributed by atoms with Crippen molar-refractivity contribution in [2.24, 2.45) is 0 Å². The lowest BCUT2D eigenvalue weighted by atomic mass is 10.1. The number of ether oxygens (including phenoxy) is 1. The molecule has 5 nitrogen and oxygen atoms in total. The van der Waals surface area contributed by atoms with Gasteiger partial charge in [-0.05, 0) is 36.6 Å². The average Bonchev–Trinajstić information content (AvgIpc) is 3.07. The number of nitrogens with zero attached hydrogens (tertiary/aromatic N) is 2. The van der Waals surface area contributed by atoms with E-state index < -0.39 is 0 Å². The molecule has 1 amide bonds. The third-order valence-electron chi connectivity index (χ3n) is 4.14. The van der Waals surface area contributed by atoms with Crippen molar-refractivity contribution in [3.8, 4) is 5.75 Å². The van der Waals surface area contributed by atoms with Crippen LogP contribution in [0.2, 0.25) is 0 Å². The molecule has 0 saturated heterocycles. The monoisotopic (exact) mass is 337 g/mol. The maximum Gasteiger partial charge on any atom is 0.257 e. The SMILES string of the molecule is CCc1ccccc1OCC(=O)NCCCn1cnc2ccccc21. The zero-order valence-corrected chi connectivity index (χ0v) is 14.4. The number of para-hydroxylation sites is 3. The topological polar surface area (TPSA) is 56.1 Å². The van der Waals surface area contributed by atoms with E-state index in [2.05, 4.69) is 27.9 Å². The molecule has 0 atom stereocenters. The molecule has 0 bridgehead atoms. The van der Waals surface area contributed by atoms with E-state index in [1.54, 1.807) is 0 Å². The normalized spacial score (nSPS) is 10.8. The molecule has 0 spiro atoms. The van der Waals surface area contributed by atoms with E-state index in [0.29, 0.717) is 6.54 Å². The van der Waals surface area contributed by atoms with E-state index >= 15 is 0 Å². The highest BCUT2D eigenvalue weighted by molar-refractivity contribution is 5.77. The van der Waals surface area contributed by atoms with Gasteiger partial charge in [-0.3, -0.25) is 4.79 Å². The van der Waals surface area contributed by atoms with Gasteiger partial charge >= 0.3 is 0 Å². The molecule has 1 N–H and O–H groups in total. The number of carbonyl (C=O) groups is 1. The molecular weight excluding hydrogens is 314 g/mol. The summed E-state index contributed by atoms with van der Waals surface area (Å²) in [6.07, 6.45) is 3.57. The lowest BCUT2D eigenvalue weighted by Gasteiger charge is -2.10. The molecule has 5 heteroatoms. The maximum atomic E-state index is 11.9. The van der Waals surface area contributed by atoms with Crippen molar-refractivity contribution in [3.05, 3.63) is 60.4 Å². The van der Waals surface area contributed by atoms with Crippen molar-refractivity contribution in [1.82, 2.24) is 14.9 Å². The molecule has 3 aromatic rings. The minimum Gasteiger partial charge on any atom is -0.483 e. The van der Waals surface area contributed by atoms with Gasteiger partial charge in [0.25, 0.3) is 5.91 Å². The van der Waals surface area contributed by atoms with Gasteiger partial charge in [-0.15, -0.1) is 0 Å². The van der Waals surface area contributed by atoms with Gasteiger partial charge in [-0.25, -0.2) is 4.98 Å². The zero-order chi connectivity index (χ0) is 17.5. The number of aryl methyl sites for hydroxylation is 2. The number of aromatic nitrogens is 2. The number of benzene rings is 2. The van der Waals surface area contributed by atoms with Crippen molar-refractivity contribution in [3.63, 3.8) is 0 Å². The molecule has 0 saturated carbocycles. The fourth-order valence-electron chi connectivity index (χ4n) is 2.80. The highest BCUT2D eigenvalue weighted by Gasteiger charge is 2.06. The third-order valence-corrected chi connectivity index (χ3v) is 4.14. The molecule has 130 valence electrons. The first-order chi connectivity index (χ1) is 12.3. The van der Waals surface area contributed by atoms with Crippen molar-refractivity contribution in [1.29, 1.82) is 0 Å².